The monoisotopic (exact) mass is 239 g/mol. The number of hydrogen-bond donors (Lipinski definition) is 1. The molecule has 0 aliphatic carbocycles. The molecule has 17 heavy (non-hydrogen) atoms. The first-order valence-corrected chi connectivity index (χ1v) is 5.40. The molecule has 0 amide bonds. The fourth-order valence-electron chi connectivity index (χ4n) is 1.53. The molecule has 2 rings (SSSR count). The molecule has 0 unspecified atom stereocenters. The Morgan fingerprint density at radius 2 is 2.29 bits per heavy atom. The molecule has 0 saturated carbocycles. The van der Waals surface area contributed by atoms with E-state index in [9.17, 15) is 4.39 Å². The fourth-order valence-corrected chi connectivity index (χ4v) is 1.53. The maximum absolute atomic E-state index is 13.6. The Balaban J connectivity index is 2.18. The summed E-state index contributed by atoms with van der Waals surface area (Å²) in [6.45, 7) is 4.19. The second-order valence-corrected chi connectivity index (χ2v) is 3.46. The third-order valence-electron chi connectivity index (χ3n) is 2.33. The molecule has 0 atom stereocenters. The molecule has 7 heteroatoms. The molecule has 1 aliphatic heterocycles. The van der Waals surface area contributed by atoms with E-state index in [0.29, 0.717) is 26.3 Å². The van der Waals surface area contributed by atoms with Crippen LogP contribution in [0.5, 0.6) is 0 Å². The van der Waals surface area contributed by atoms with Crippen molar-refractivity contribution in [1.82, 2.24) is 9.97 Å². The lowest BCUT2D eigenvalue weighted by Gasteiger charge is -2.27. The highest BCUT2D eigenvalue weighted by atomic mass is 19.1. The summed E-state index contributed by atoms with van der Waals surface area (Å²) in [7, 11) is 0. The molecule has 1 saturated heterocycles. The number of halogens is 1. The zero-order valence-corrected chi connectivity index (χ0v) is 9.56. The van der Waals surface area contributed by atoms with Crippen molar-refractivity contribution in [2.24, 2.45) is 5.10 Å². The van der Waals surface area contributed by atoms with E-state index in [0.717, 1.165) is 6.20 Å². The van der Waals surface area contributed by atoms with E-state index < -0.39 is 5.82 Å². The number of nitrogens with one attached hydrogen (secondary N) is 1. The Bertz CT molecular complexity index is 406. The van der Waals surface area contributed by atoms with Gasteiger partial charge in [-0.05, 0) is 6.92 Å². The summed E-state index contributed by atoms with van der Waals surface area (Å²) >= 11 is 0. The van der Waals surface area contributed by atoms with Gasteiger partial charge in [-0.3, -0.25) is 0 Å². The van der Waals surface area contributed by atoms with Gasteiger partial charge in [0.15, 0.2) is 11.6 Å². The average molecular weight is 239 g/mol. The molecule has 0 radical (unpaired) electrons. The van der Waals surface area contributed by atoms with Crippen molar-refractivity contribution in [3.8, 4) is 0 Å². The van der Waals surface area contributed by atoms with Crippen molar-refractivity contribution in [2.75, 3.05) is 36.6 Å². The van der Waals surface area contributed by atoms with Crippen molar-refractivity contribution >= 4 is 18.0 Å². The van der Waals surface area contributed by atoms with Crippen LogP contribution >= 0.6 is 0 Å². The highest BCUT2D eigenvalue weighted by Crippen LogP contribution is 2.18. The summed E-state index contributed by atoms with van der Waals surface area (Å²) in [5.74, 6) is 0.140. The third-order valence-corrected chi connectivity index (χ3v) is 2.33. The number of nitrogens with zero attached hydrogens (tertiary/aromatic N) is 4. The van der Waals surface area contributed by atoms with Gasteiger partial charge in [-0.25, -0.2) is 14.8 Å². The SMILES string of the molecule is C/C=N/Nc1ncc(F)c(N2CCOCC2)n1. The maximum Gasteiger partial charge on any atom is 0.245 e. The van der Waals surface area contributed by atoms with Crippen LogP contribution in [0.1, 0.15) is 6.92 Å². The summed E-state index contributed by atoms with van der Waals surface area (Å²) in [4.78, 5) is 9.73. The van der Waals surface area contributed by atoms with Crippen LogP contribution in [-0.4, -0.2) is 42.5 Å². The van der Waals surface area contributed by atoms with Gasteiger partial charge in [0.1, 0.15) is 0 Å². The highest BCUT2D eigenvalue weighted by molar-refractivity contribution is 5.55. The largest absolute Gasteiger partial charge is 0.378 e. The standard InChI is InChI=1S/C10H14FN5O/c1-2-13-15-10-12-7-8(11)9(14-10)16-3-5-17-6-4-16/h2,7H,3-6H2,1H3,(H,12,14,15)/b13-2+. The lowest BCUT2D eigenvalue weighted by Crippen LogP contribution is -2.37. The summed E-state index contributed by atoms with van der Waals surface area (Å²) in [6.07, 6.45) is 2.71. The van der Waals surface area contributed by atoms with Crippen LogP contribution in [0.2, 0.25) is 0 Å². The number of aromatic nitrogens is 2. The van der Waals surface area contributed by atoms with E-state index in [1.165, 1.54) is 0 Å². The number of anilines is 2. The number of ether oxygens (including phenoxy) is 1. The minimum Gasteiger partial charge on any atom is -0.378 e. The average Bonchev–Trinajstić information content (AvgIpc) is 2.39. The Labute approximate surface area is 98.5 Å². The molecule has 0 aromatic carbocycles. The molecule has 1 aromatic rings. The van der Waals surface area contributed by atoms with E-state index >= 15 is 0 Å². The Hall–Kier alpha value is -1.76. The number of hydrazone groups is 1. The topological polar surface area (TPSA) is 62.6 Å². The van der Waals surface area contributed by atoms with Crippen molar-refractivity contribution in [2.45, 2.75) is 6.92 Å². The van der Waals surface area contributed by atoms with Gasteiger partial charge in [-0.15, -0.1) is 0 Å². The molecule has 1 N–H and O–H groups in total. The number of hydrogen-bond acceptors (Lipinski definition) is 6. The number of rotatable bonds is 3. The second-order valence-electron chi connectivity index (χ2n) is 3.46. The van der Waals surface area contributed by atoms with E-state index in [1.54, 1.807) is 13.1 Å². The zero-order chi connectivity index (χ0) is 12.1. The first kappa shape index (κ1) is 11.7. The first-order chi connectivity index (χ1) is 8.31. The molecule has 92 valence electrons. The van der Waals surface area contributed by atoms with Gasteiger partial charge in [-0.1, -0.05) is 0 Å². The van der Waals surface area contributed by atoms with Crippen LogP contribution in [-0.2, 0) is 4.74 Å². The van der Waals surface area contributed by atoms with Crippen LogP contribution < -0.4 is 10.3 Å². The van der Waals surface area contributed by atoms with Gasteiger partial charge in [0.05, 0.1) is 19.4 Å². The molecule has 0 bridgehead atoms. The lowest BCUT2D eigenvalue weighted by molar-refractivity contribution is 0.122. The van der Waals surface area contributed by atoms with Gasteiger partial charge in [-0.2, -0.15) is 10.1 Å². The van der Waals surface area contributed by atoms with E-state index in [2.05, 4.69) is 20.5 Å². The van der Waals surface area contributed by atoms with Crippen LogP contribution in [0, 0.1) is 5.82 Å². The molecule has 0 spiro atoms. The lowest BCUT2D eigenvalue weighted by atomic mass is 10.4. The molecule has 1 fully saturated rings. The molecule has 1 aliphatic rings. The summed E-state index contributed by atoms with van der Waals surface area (Å²) in [6, 6.07) is 0. The van der Waals surface area contributed by atoms with E-state index in [1.807, 2.05) is 4.90 Å². The van der Waals surface area contributed by atoms with Crippen molar-refractivity contribution in [3.63, 3.8) is 0 Å². The highest BCUT2D eigenvalue weighted by Gasteiger charge is 2.17. The summed E-state index contributed by atoms with van der Waals surface area (Å²) < 4.78 is 18.8. The van der Waals surface area contributed by atoms with Crippen LogP contribution in [0.3, 0.4) is 0 Å². The van der Waals surface area contributed by atoms with Gasteiger partial charge in [0, 0.05) is 19.3 Å². The predicted molar refractivity (Wildman–Crippen MR) is 62.8 cm³/mol. The molecular formula is C10H14FN5O. The van der Waals surface area contributed by atoms with Crippen molar-refractivity contribution in [3.05, 3.63) is 12.0 Å². The minimum atomic E-state index is -0.432. The van der Waals surface area contributed by atoms with Crippen LogP contribution in [0.4, 0.5) is 16.2 Å². The quantitative estimate of drug-likeness (QED) is 0.626. The molecule has 6 nitrogen and oxygen atoms in total. The van der Waals surface area contributed by atoms with Crippen LogP contribution in [0.15, 0.2) is 11.3 Å². The molecule has 1 aromatic heterocycles. The number of morpholine rings is 1. The van der Waals surface area contributed by atoms with Crippen LogP contribution in [0.25, 0.3) is 0 Å². The summed E-state index contributed by atoms with van der Waals surface area (Å²) in [5, 5.41) is 3.79. The second kappa shape index (κ2) is 5.53. The molecular weight excluding hydrogens is 225 g/mol. The van der Waals surface area contributed by atoms with Crippen molar-refractivity contribution < 1.29 is 9.13 Å². The normalized spacial score (nSPS) is 16.5. The minimum absolute atomic E-state index is 0.283. The molecule has 2 heterocycles. The van der Waals surface area contributed by atoms with Gasteiger partial charge < -0.3 is 9.64 Å². The van der Waals surface area contributed by atoms with Gasteiger partial charge >= 0.3 is 0 Å². The zero-order valence-electron chi connectivity index (χ0n) is 9.56. The Morgan fingerprint density at radius 3 is 3.00 bits per heavy atom. The Kier molecular flexibility index (Phi) is 3.81. The van der Waals surface area contributed by atoms with Gasteiger partial charge in [0.2, 0.25) is 5.95 Å². The smallest absolute Gasteiger partial charge is 0.245 e. The fraction of sp³-hybridized carbons (Fsp3) is 0.500. The maximum atomic E-state index is 13.6. The van der Waals surface area contributed by atoms with Gasteiger partial charge in [0.25, 0.3) is 0 Å². The van der Waals surface area contributed by atoms with Crippen molar-refractivity contribution in [1.29, 1.82) is 0 Å². The van der Waals surface area contributed by atoms with E-state index in [-0.39, 0.29) is 11.8 Å². The first-order valence-electron chi connectivity index (χ1n) is 5.40. The Morgan fingerprint density at radius 1 is 1.53 bits per heavy atom. The van der Waals surface area contributed by atoms with E-state index in [4.69, 9.17) is 4.74 Å². The summed E-state index contributed by atoms with van der Waals surface area (Å²) in [5.41, 5.74) is 2.62. The predicted octanol–water partition coefficient (Wildman–Crippen LogP) is 0.870. The third kappa shape index (κ3) is 2.88.